The molecular weight excluding hydrogens is 318 g/mol. The van der Waals surface area contributed by atoms with Gasteiger partial charge in [-0.15, -0.1) is 0 Å². The molecule has 23 heavy (non-hydrogen) atoms. The average Bonchev–Trinajstić information content (AvgIpc) is 2.54. The SMILES string of the molecule is CC(NS(=O)(=O)c1ccccc1)c1ccc(OCC(=O)O)cc1. The van der Waals surface area contributed by atoms with Gasteiger partial charge >= 0.3 is 5.97 Å². The van der Waals surface area contributed by atoms with E-state index in [0.717, 1.165) is 5.56 Å². The van der Waals surface area contributed by atoms with E-state index in [0.29, 0.717) is 5.75 Å². The molecule has 7 heteroatoms. The van der Waals surface area contributed by atoms with E-state index in [1.807, 2.05) is 0 Å². The van der Waals surface area contributed by atoms with Crippen molar-refractivity contribution in [1.82, 2.24) is 4.72 Å². The Morgan fingerprint density at radius 2 is 1.74 bits per heavy atom. The Hall–Kier alpha value is -2.38. The van der Waals surface area contributed by atoms with Crippen molar-refractivity contribution in [1.29, 1.82) is 0 Å². The Labute approximate surface area is 134 Å². The summed E-state index contributed by atoms with van der Waals surface area (Å²) in [4.78, 5) is 10.6. The molecule has 2 rings (SSSR count). The number of ether oxygens (including phenoxy) is 1. The Morgan fingerprint density at radius 3 is 2.30 bits per heavy atom. The molecule has 0 radical (unpaired) electrons. The number of sulfonamides is 1. The first-order chi connectivity index (χ1) is 10.9. The lowest BCUT2D eigenvalue weighted by molar-refractivity contribution is -0.139. The Morgan fingerprint density at radius 1 is 1.13 bits per heavy atom. The van der Waals surface area contributed by atoms with Crippen LogP contribution in [0.25, 0.3) is 0 Å². The molecule has 0 aromatic heterocycles. The van der Waals surface area contributed by atoms with E-state index in [9.17, 15) is 13.2 Å². The average molecular weight is 335 g/mol. The van der Waals surface area contributed by atoms with Gasteiger partial charge in [-0.25, -0.2) is 17.9 Å². The summed E-state index contributed by atoms with van der Waals surface area (Å²) < 4.78 is 32.1. The minimum atomic E-state index is -3.60. The monoisotopic (exact) mass is 335 g/mol. The van der Waals surface area contributed by atoms with Crippen molar-refractivity contribution in [2.24, 2.45) is 0 Å². The van der Waals surface area contributed by atoms with Gasteiger partial charge in [-0.1, -0.05) is 30.3 Å². The maximum Gasteiger partial charge on any atom is 0.341 e. The fourth-order valence-electron chi connectivity index (χ4n) is 1.97. The minimum absolute atomic E-state index is 0.202. The van der Waals surface area contributed by atoms with Crippen LogP contribution < -0.4 is 9.46 Å². The molecule has 2 aromatic rings. The van der Waals surface area contributed by atoms with E-state index >= 15 is 0 Å². The zero-order valence-electron chi connectivity index (χ0n) is 12.5. The molecule has 0 fully saturated rings. The van der Waals surface area contributed by atoms with Gasteiger partial charge in [0, 0.05) is 6.04 Å². The zero-order valence-corrected chi connectivity index (χ0v) is 13.3. The Bertz CT molecular complexity index is 757. The molecule has 0 saturated carbocycles. The van der Waals surface area contributed by atoms with E-state index in [2.05, 4.69) is 4.72 Å². The predicted octanol–water partition coefficient (Wildman–Crippen LogP) is 2.19. The topological polar surface area (TPSA) is 92.7 Å². The lowest BCUT2D eigenvalue weighted by Crippen LogP contribution is -2.26. The zero-order chi connectivity index (χ0) is 16.9. The van der Waals surface area contributed by atoms with Crippen LogP contribution in [-0.4, -0.2) is 26.1 Å². The van der Waals surface area contributed by atoms with Crippen LogP contribution in [0, 0.1) is 0 Å². The van der Waals surface area contributed by atoms with Gasteiger partial charge in [0.15, 0.2) is 6.61 Å². The largest absolute Gasteiger partial charge is 0.482 e. The molecule has 0 aliphatic heterocycles. The molecule has 0 amide bonds. The molecular formula is C16H17NO5S. The summed E-state index contributed by atoms with van der Waals surface area (Å²) in [6.07, 6.45) is 0. The fraction of sp³-hybridized carbons (Fsp3) is 0.188. The molecule has 0 spiro atoms. The van der Waals surface area contributed by atoms with Gasteiger partial charge in [0.1, 0.15) is 5.75 Å². The van der Waals surface area contributed by atoms with E-state index in [-0.39, 0.29) is 4.90 Å². The number of carbonyl (C=O) groups is 1. The van der Waals surface area contributed by atoms with Crippen LogP contribution in [0.3, 0.4) is 0 Å². The highest BCUT2D eigenvalue weighted by molar-refractivity contribution is 7.89. The summed E-state index contributed by atoms with van der Waals surface area (Å²) in [7, 11) is -3.60. The number of aliphatic carboxylic acids is 1. The lowest BCUT2D eigenvalue weighted by Gasteiger charge is -2.15. The van der Waals surface area contributed by atoms with Crippen molar-refractivity contribution >= 4 is 16.0 Å². The number of rotatable bonds is 7. The quantitative estimate of drug-likeness (QED) is 0.809. The lowest BCUT2D eigenvalue weighted by atomic mass is 10.1. The van der Waals surface area contributed by atoms with Crippen LogP contribution in [0.4, 0.5) is 0 Å². The minimum Gasteiger partial charge on any atom is -0.482 e. The third kappa shape index (κ3) is 4.80. The second-order valence-corrected chi connectivity index (χ2v) is 6.62. The van der Waals surface area contributed by atoms with Crippen molar-refractivity contribution in [3.05, 3.63) is 60.2 Å². The maximum atomic E-state index is 12.3. The molecule has 0 heterocycles. The number of hydrogen-bond acceptors (Lipinski definition) is 4. The molecule has 1 atom stereocenters. The molecule has 0 saturated heterocycles. The number of carboxylic acid groups (broad SMARTS) is 1. The summed E-state index contributed by atoms with van der Waals surface area (Å²) in [6, 6.07) is 14.3. The summed E-state index contributed by atoms with van der Waals surface area (Å²) in [5, 5.41) is 8.55. The first-order valence-corrected chi connectivity index (χ1v) is 8.39. The number of nitrogens with one attached hydrogen (secondary N) is 1. The summed E-state index contributed by atoms with van der Waals surface area (Å²) in [5.74, 6) is -0.646. The number of hydrogen-bond donors (Lipinski definition) is 2. The predicted molar refractivity (Wildman–Crippen MR) is 84.8 cm³/mol. The van der Waals surface area contributed by atoms with Crippen molar-refractivity contribution in [3.63, 3.8) is 0 Å². The first-order valence-electron chi connectivity index (χ1n) is 6.90. The van der Waals surface area contributed by atoms with Crippen LogP contribution in [0.15, 0.2) is 59.5 Å². The molecule has 122 valence electrons. The fourth-order valence-corrected chi connectivity index (χ4v) is 3.22. The highest BCUT2D eigenvalue weighted by Gasteiger charge is 2.17. The van der Waals surface area contributed by atoms with Crippen molar-refractivity contribution < 1.29 is 23.1 Å². The maximum absolute atomic E-state index is 12.3. The van der Waals surface area contributed by atoms with Crippen molar-refractivity contribution in [3.8, 4) is 5.75 Å². The molecule has 0 bridgehead atoms. The van der Waals surface area contributed by atoms with Crippen LogP contribution in [0.5, 0.6) is 5.75 Å². The van der Waals surface area contributed by atoms with Crippen LogP contribution in [0.1, 0.15) is 18.5 Å². The van der Waals surface area contributed by atoms with Gasteiger partial charge in [-0.2, -0.15) is 0 Å². The van der Waals surface area contributed by atoms with Gasteiger partial charge in [0.2, 0.25) is 10.0 Å². The van der Waals surface area contributed by atoms with E-state index < -0.39 is 28.6 Å². The van der Waals surface area contributed by atoms with Crippen LogP contribution in [-0.2, 0) is 14.8 Å². The van der Waals surface area contributed by atoms with Gasteiger partial charge in [0.05, 0.1) is 4.90 Å². The van der Waals surface area contributed by atoms with E-state index in [1.54, 1.807) is 49.4 Å². The molecule has 1 unspecified atom stereocenters. The number of benzene rings is 2. The third-order valence-corrected chi connectivity index (χ3v) is 4.68. The molecule has 2 aromatic carbocycles. The van der Waals surface area contributed by atoms with Gasteiger partial charge < -0.3 is 9.84 Å². The Balaban J connectivity index is 2.06. The second-order valence-electron chi connectivity index (χ2n) is 4.91. The Kier molecular flexibility index (Phi) is 5.36. The third-order valence-electron chi connectivity index (χ3n) is 3.13. The summed E-state index contributed by atoms with van der Waals surface area (Å²) >= 11 is 0. The molecule has 6 nitrogen and oxygen atoms in total. The van der Waals surface area contributed by atoms with Gasteiger partial charge in [-0.05, 0) is 36.8 Å². The van der Waals surface area contributed by atoms with E-state index in [4.69, 9.17) is 9.84 Å². The molecule has 2 N–H and O–H groups in total. The van der Waals surface area contributed by atoms with Crippen molar-refractivity contribution in [2.45, 2.75) is 17.9 Å². The van der Waals surface area contributed by atoms with Crippen LogP contribution in [0.2, 0.25) is 0 Å². The highest BCUT2D eigenvalue weighted by atomic mass is 32.2. The normalized spacial score (nSPS) is 12.6. The highest BCUT2D eigenvalue weighted by Crippen LogP contribution is 2.20. The van der Waals surface area contributed by atoms with E-state index in [1.165, 1.54) is 12.1 Å². The van der Waals surface area contributed by atoms with Gasteiger partial charge in [-0.3, -0.25) is 0 Å². The summed E-state index contributed by atoms with van der Waals surface area (Å²) in [6.45, 7) is 1.31. The molecule has 0 aliphatic rings. The first kappa shape index (κ1) is 17.0. The van der Waals surface area contributed by atoms with Crippen LogP contribution >= 0.6 is 0 Å². The smallest absolute Gasteiger partial charge is 0.341 e. The number of carboxylic acids is 1. The van der Waals surface area contributed by atoms with Gasteiger partial charge in [0.25, 0.3) is 0 Å². The van der Waals surface area contributed by atoms with Crippen molar-refractivity contribution in [2.75, 3.05) is 6.61 Å². The summed E-state index contributed by atoms with van der Waals surface area (Å²) in [5.41, 5.74) is 0.743. The molecule has 0 aliphatic carbocycles. The second kappa shape index (κ2) is 7.26. The standard InChI is InChI=1S/C16H17NO5S/c1-12(17-23(20,21)15-5-3-2-4-6-15)13-7-9-14(10-8-13)22-11-16(18)19/h2-10,12,17H,11H2,1H3,(H,18,19).